The maximum absolute atomic E-state index is 11.8. The van der Waals surface area contributed by atoms with Crippen LogP contribution in [0.4, 0.5) is 5.69 Å². The first kappa shape index (κ1) is 15.8. The van der Waals surface area contributed by atoms with E-state index in [2.05, 4.69) is 5.32 Å². The van der Waals surface area contributed by atoms with Crippen molar-refractivity contribution in [3.8, 4) is 11.5 Å². The van der Waals surface area contributed by atoms with Gasteiger partial charge >= 0.3 is 5.97 Å². The summed E-state index contributed by atoms with van der Waals surface area (Å²) in [5, 5.41) is 11.4. The highest BCUT2D eigenvalue weighted by Crippen LogP contribution is 2.29. The molecule has 1 unspecified atom stereocenters. The molecule has 0 fully saturated rings. The minimum atomic E-state index is -0.906. The van der Waals surface area contributed by atoms with Crippen LogP contribution in [0.25, 0.3) is 0 Å². The van der Waals surface area contributed by atoms with Gasteiger partial charge in [-0.15, -0.1) is 0 Å². The van der Waals surface area contributed by atoms with Crippen LogP contribution in [-0.4, -0.2) is 31.2 Å². The van der Waals surface area contributed by atoms with Gasteiger partial charge in [0.05, 0.1) is 14.2 Å². The third kappa shape index (κ3) is 4.79. The van der Waals surface area contributed by atoms with Crippen LogP contribution in [0, 0.1) is 5.92 Å². The molecule has 0 saturated carbocycles. The minimum Gasteiger partial charge on any atom is -0.493 e. The molecular formula is C14H19NO5. The van der Waals surface area contributed by atoms with Crippen LogP contribution in [0.5, 0.6) is 11.5 Å². The van der Waals surface area contributed by atoms with Gasteiger partial charge < -0.3 is 19.9 Å². The van der Waals surface area contributed by atoms with Crippen LogP contribution < -0.4 is 14.8 Å². The smallest absolute Gasteiger partial charge is 0.303 e. The number of carbonyl (C=O) groups excluding carboxylic acids is 1. The van der Waals surface area contributed by atoms with E-state index < -0.39 is 5.97 Å². The molecule has 0 aliphatic heterocycles. The summed E-state index contributed by atoms with van der Waals surface area (Å²) < 4.78 is 10.2. The summed E-state index contributed by atoms with van der Waals surface area (Å²) in [5.41, 5.74) is 0.579. The van der Waals surface area contributed by atoms with Gasteiger partial charge in [-0.1, -0.05) is 6.92 Å². The molecule has 0 spiro atoms. The van der Waals surface area contributed by atoms with Crippen molar-refractivity contribution in [2.75, 3.05) is 19.5 Å². The molecule has 20 heavy (non-hydrogen) atoms. The van der Waals surface area contributed by atoms with Gasteiger partial charge in [0.2, 0.25) is 5.91 Å². The Morgan fingerprint density at radius 1 is 1.20 bits per heavy atom. The van der Waals surface area contributed by atoms with E-state index in [1.807, 2.05) is 0 Å². The van der Waals surface area contributed by atoms with Crippen molar-refractivity contribution < 1.29 is 24.2 Å². The fourth-order valence-electron chi connectivity index (χ4n) is 1.81. The molecule has 1 aromatic carbocycles. The van der Waals surface area contributed by atoms with Gasteiger partial charge in [-0.05, 0) is 18.1 Å². The van der Waals surface area contributed by atoms with Gasteiger partial charge in [0, 0.05) is 24.6 Å². The van der Waals surface area contributed by atoms with Gasteiger partial charge in [-0.25, -0.2) is 0 Å². The van der Waals surface area contributed by atoms with E-state index in [0.717, 1.165) is 0 Å². The average Bonchev–Trinajstić information content (AvgIpc) is 2.37. The fourth-order valence-corrected chi connectivity index (χ4v) is 1.81. The molecular weight excluding hydrogens is 262 g/mol. The van der Waals surface area contributed by atoms with E-state index in [-0.39, 0.29) is 24.7 Å². The van der Waals surface area contributed by atoms with Gasteiger partial charge in [0.25, 0.3) is 0 Å². The molecule has 0 heterocycles. The van der Waals surface area contributed by atoms with E-state index >= 15 is 0 Å². The summed E-state index contributed by atoms with van der Waals surface area (Å²) in [6.45, 7) is 1.72. The molecule has 6 heteroatoms. The predicted molar refractivity (Wildman–Crippen MR) is 74.2 cm³/mol. The first-order chi connectivity index (χ1) is 9.46. The summed E-state index contributed by atoms with van der Waals surface area (Å²) >= 11 is 0. The largest absolute Gasteiger partial charge is 0.493 e. The first-order valence-corrected chi connectivity index (χ1v) is 6.20. The molecule has 0 saturated heterocycles. The van der Waals surface area contributed by atoms with Crippen molar-refractivity contribution in [2.24, 2.45) is 5.92 Å². The molecule has 0 bridgehead atoms. The number of nitrogens with one attached hydrogen (secondary N) is 1. The molecule has 1 amide bonds. The van der Waals surface area contributed by atoms with Gasteiger partial charge in [-0.2, -0.15) is 0 Å². The third-order valence-electron chi connectivity index (χ3n) is 2.72. The average molecular weight is 281 g/mol. The van der Waals surface area contributed by atoms with Crippen molar-refractivity contribution in [1.29, 1.82) is 0 Å². The SMILES string of the molecule is COc1ccc(NC(=O)CC(C)CC(=O)O)cc1OC. The van der Waals surface area contributed by atoms with E-state index in [0.29, 0.717) is 17.2 Å². The second-order valence-electron chi connectivity index (χ2n) is 4.53. The Morgan fingerprint density at radius 3 is 2.40 bits per heavy atom. The number of amides is 1. The maximum Gasteiger partial charge on any atom is 0.303 e. The number of carboxylic acids is 1. The lowest BCUT2D eigenvalue weighted by Gasteiger charge is -2.12. The number of hydrogen-bond donors (Lipinski definition) is 2. The van der Waals surface area contributed by atoms with Gasteiger partial charge in [0.1, 0.15) is 0 Å². The zero-order chi connectivity index (χ0) is 15.1. The van der Waals surface area contributed by atoms with Crippen molar-refractivity contribution in [3.05, 3.63) is 18.2 Å². The van der Waals surface area contributed by atoms with Gasteiger partial charge in [-0.3, -0.25) is 9.59 Å². The Bertz CT molecular complexity index is 486. The number of aliphatic carboxylic acids is 1. The van der Waals surface area contributed by atoms with E-state index in [4.69, 9.17) is 14.6 Å². The lowest BCUT2D eigenvalue weighted by molar-refractivity contribution is -0.138. The molecule has 0 radical (unpaired) electrons. The molecule has 6 nitrogen and oxygen atoms in total. The molecule has 0 aliphatic rings. The number of carboxylic acid groups (broad SMARTS) is 1. The first-order valence-electron chi connectivity index (χ1n) is 6.20. The minimum absolute atomic E-state index is 0.0284. The molecule has 1 rings (SSSR count). The zero-order valence-electron chi connectivity index (χ0n) is 11.8. The molecule has 1 aromatic rings. The number of hydrogen-bond acceptors (Lipinski definition) is 4. The highest BCUT2D eigenvalue weighted by atomic mass is 16.5. The fraction of sp³-hybridized carbons (Fsp3) is 0.429. The Balaban J connectivity index is 2.64. The second kappa shape index (κ2) is 7.37. The zero-order valence-corrected chi connectivity index (χ0v) is 11.8. The Morgan fingerprint density at radius 2 is 1.85 bits per heavy atom. The summed E-state index contributed by atoms with van der Waals surface area (Å²) in [6, 6.07) is 5.04. The number of ether oxygens (including phenoxy) is 2. The van der Waals surface area contributed by atoms with E-state index in [1.165, 1.54) is 14.2 Å². The third-order valence-corrected chi connectivity index (χ3v) is 2.72. The summed E-state index contributed by atoms with van der Waals surface area (Å²) in [4.78, 5) is 22.3. The highest BCUT2D eigenvalue weighted by Gasteiger charge is 2.13. The van der Waals surface area contributed by atoms with E-state index in [9.17, 15) is 9.59 Å². The topological polar surface area (TPSA) is 84.9 Å². The van der Waals surface area contributed by atoms with Crippen LogP contribution >= 0.6 is 0 Å². The number of methoxy groups -OCH3 is 2. The van der Waals surface area contributed by atoms with Crippen molar-refractivity contribution in [1.82, 2.24) is 0 Å². The number of benzene rings is 1. The normalized spacial score (nSPS) is 11.6. The molecule has 0 aliphatic carbocycles. The standard InChI is InChI=1S/C14H19NO5/c1-9(7-14(17)18)6-13(16)15-10-4-5-11(19-2)12(8-10)20-3/h4-5,8-9H,6-7H2,1-3H3,(H,15,16)(H,17,18). The van der Waals surface area contributed by atoms with Crippen molar-refractivity contribution >= 4 is 17.6 Å². The summed E-state index contributed by atoms with van der Waals surface area (Å²) in [5.74, 6) is -0.261. The number of carbonyl (C=O) groups is 2. The van der Waals surface area contributed by atoms with Crippen molar-refractivity contribution in [3.63, 3.8) is 0 Å². The predicted octanol–water partition coefficient (Wildman–Crippen LogP) is 2.14. The van der Waals surface area contributed by atoms with Gasteiger partial charge in [0.15, 0.2) is 11.5 Å². The Kier molecular flexibility index (Phi) is 5.83. The quantitative estimate of drug-likeness (QED) is 0.800. The second-order valence-corrected chi connectivity index (χ2v) is 4.53. The maximum atomic E-state index is 11.8. The summed E-state index contributed by atoms with van der Waals surface area (Å²) in [7, 11) is 3.04. The molecule has 0 aromatic heterocycles. The van der Waals surface area contributed by atoms with Crippen molar-refractivity contribution in [2.45, 2.75) is 19.8 Å². The lowest BCUT2D eigenvalue weighted by Crippen LogP contribution is -2.17. The number of rotatable bonds is 7. The van der Waals surface area contributed by atoms with E-state index in [1.54, 1.807) is 25.1 Å². The highest BCUT2D eigenvalue weighted by molar-refractivity contribution is 5.91. The Labute approximate surface area is 117 Å². The molecule has 1 atom stereocenters. The monoisotopic (exact) mass is 281 g/mol. The van der Waals surface area contributed by atoms with Crippen LogP contribution in [0.15, 0.2) is 18.2 Å². The molecule has 2 N–H and O–H groups in total. The molecule has 110 valence electrons. The van der Waals surface area contributed by atoms with Crippen LogP contribution in [0.1, 0.15) is 19.8 Å². The van der Waals surface area contributed by atoms with Crippen LogP contribution in [0.3, 0.4) is 0 Å². The lowest BCUT2D eigenvalue weighted by atomic mass is 10.0. The van der Waals surface area contributed by atoms with Crippen LogP contribution in [0.2, 0.25) is 0 Å². The number of anilines is 1. The van der Waals surface area contributed by atoms with Crippen LogP contribution in [-0.2, 0) is 9.59 Å². The Hall–Kier alpha value is -2.24. The summed E-state index contributed by atoms with van der Waals surface area (Å²) in [6.07, 6.45) is 0.125.